The van der Waals surface area contributed by atoms with Gasteiger partial charge < -0.3 is 49.9 Å². The molecule has 2 aliphatic heterocycles. The average molecular weight is 593 g/mol. The number of anilines is 4. The molecule has 3 heterocycles. The first kappa shape index (κ1) is 39.3. The number of halogens is 1. The summed E-state index contributed by atoms with van der Waals surface area (Å²) in [5.41, 5.74) is 1.50. The molecule has 14 heteroatoms. The molecule has 2 aromatic rings. The molecule has 0 saturated carbocycles. The van der Waals surface area contributed by atoms with Crippen LogP contribution in [0, 0.1) is 0 Å². The number of hydrogen-bond acceptors (Lipinski definition) is 12. The van der Waals surface area contributed by atoms with Gasteiger partial charge in [-0.1, -0.05) is 13.8 Å². The first-order valence-corrected chi connectivity index (χ1v) is 13.3. The number of amides is 1. The number of benzene rings is 1. The summed E-state index contributed by atoms with van der Waals surface area (Å²) in [4.78, 5) is 33.7. The number of piperidine rings is 2. The van der Waals surface area contributed by atoms with Gasteiger partial charge in [-0.25, -0.2) is 0 Å². The molecule has 1 aromatic heterocycles. The number of carbonyl (C=O) groups is 1. The first-order valence-electron chi connectivity index (χ1n) is 13.3. The van der Waals surface area contributed by atoms with Gasteiger partial charge in [0.1, 0.15) is 0 Å². The van der Waals surface area contributed by atoms with Crippen LogP contribution in [0.2, 0.25) is 0 Å². The highest BCUT2D eigenvalue weighted by atomic mass is 35.5. The number of hydrogen-bond donors (Lipinski definition) is 6. The van der Waals surface area contributed by atoms with Gasteiger partial charge in [0.2, 0.25) is 17.8 Å². The van der Waals surface area contributed by atoms with Crippen LogP contribution in [0.15, 0.2) is 24.3 Å². The van der Waals surface area contributed by atoms with Crippen molar-refractivity contribution in [1.29, 1.82) is 0 Å². The molecule has 0 aliphatic carbocycles. The minimum atomic E-state index is -0.0522. The van der Waals surface area contributed by atoms with Crippen LogP contribution in [0.3, 0.4) is 0 Å². The van der Waals surface area contributed by atoms with Gasteiger partial charge in [0, 0.05) is 56.2 Å². The summed E-state index contributed by atoms with van der Waals surface area (Å²) in [6.07, 6.45) is 7.22. The molecule has 0 atom stereocenters. The number of nitrogens with one attached hydrogen (secondary N) is 2. The quantitative estimate of drug-likeness (QED) is 0.194. The van der Waals surface area contributed by atoms with Crippen molar-refractivity contribution in [1.82, 2.24) is 49.8 Å². The smallest absolute Gasteiger partial charge is 0.251 e. The zero-order chi connectivity index (χ0) is 24.5. The summed E-state index contributed by atoms with van der Waals surface area (Å²) in [6.45, 7) is 11.7. The molecule has 4 rings (SSSR count). The maximum atomic E-state index is 12.5. The Morgan fingerprint density at radius 3 is 1.73 bits per heavy atom. The van der Waals surface area contributed by atoms with Crippen LogP contribution in [0.4, 0.5) is 23.5 Å². The van der Waals surface area contributed by atoms with E-state index in [1.165, 1.54) is 38.5 Å². The largest absolute Gasteiger partial charge is 0.351 e. The fourth-order valence-corrected chi connectivity index (χ4v) is 4.68. The maximum absolute atomic E-state index is 12.5. The SMILES string of the molecule is CCN(CC)CCNC(=O)c1ccc(Nc2nc(N3CCCCC3)nc(N3CCCCC3)n2)cc1.Cl.N.N.N.N.[HH].[HH].[HH].[HH]. The Kier molecular flexibility index (Phi) is 19.8. The van der Waals surface area contributed by atoms with Gasteiger partial charge in [-0.2, -0.15) is 15.0 Å². The third-order valence-electron chi connectivity index (χ3n) is 6.90. The van der Waals surface area contributed by atoms with Crippen molar-refractivity contribution in [3.8, 4) is 0 Å². The van der Waals surface area contributed by atoms with Gasteiger partial charge in [-0.3, -0.25) is 4.79 Å². The molecular weight excluding hydrogens is 532 g/mol. The lowest BCUT2D eigenvalue weighted by Crippen LogP contribution is -2.34. The lowest BCUT2D eigenvalue weighted by molar-refractivity contribution is 0.0949. The highest BCUT2D eigenvalue weighted by Gasteiger charge is 2.20. The molecule has 13 nitrogen and oxygen atoms in total. The molecule has 2 fully saturated rings. The number of nitrogens with zero attached hydrogens (tertiary/aromatic N) is 6. The van der Waals surface area contributed by atoms with Crippen molar-refractivity contribution in [2.45, 2.75) is 52.4 Å². The molecule has 14 N–H and O–H groups in total. The molecule has 0 bridgehead atoms. The van der Waals surface area contributed by atoms with Gasteiger partial charge in [0.25, 0.3) is 5.91 Å². The minimum absolute atomic E-state index is 0. The Morgan fingerprint density at radius 1 is 0.800 bits per heavy atom. The number of likely N-dealkylation sites (N-methyl/N-ethyl adjacent to an activating group) is 1. The van der Waals surface area contributed by atoms with Crippen molar-refractivity contribution in [2.24, 2.45) is 0 Å². The predicted octanol–water partition coefficient (Wildman–Crippen LogP) is 5.72. The predicted molar refractivity (Wildman–Crippen MR) is 178 cm³/mol. The van der Waals surface area contributed by atoms with E-state index in [4.69, 9.17) is 15.0 Å². The number of rotatable bonds is 10. The third-order valence-corrected chi connectivity index (χ3v) is 6.90. The minimum Gasteiger partial charge on any atom is -0.351 e. The fraction of sp³-hybridized carbons (Fsp3) is 0.615. The van der Waals surface area contributed by atoms with E-state index in [1.54, 1.807) is 0 Å². The van der Waals surface area contributed by atoms with Crippen LogP contribution < -0.4 is 45.0 Å². The molecule has 1 aromatic carbocycles. The second kappa shape index (κ2) is 20.1. The topological polar surface area (TPSA) is 230 Å². The fourth-order valence-electron chi connectivity index (χ4n) is 4.68. The Morgan fingerprint density at radius 2 is 1.27 bits per heavy atom. The summed E-state index contributed by atoms with van der Waals surface area (Å²) in [5, 5.41) is 6.36. The molecule has 0 unspecified atom stereocenters. The van der Waals surface area contributed by atoms with Crippen LogP contribution in [0.5, 0.6) is 0 Å². The van der Waals surface area contributed by atoms with E-state index in [9.17, 15) is 4.79 Å². The van der Waals surface area contributed by atoms with E-state index >= 15 is 0 Å². The molecular formula is C26H61ClN12O. The standard InChI is InChI=1S/C26H40N8O.ClH.4H3N.4H2/c1-3-32(4-2)20-15-27-23(35)21-11-13-22(14-12-21)28-24-29-25(33-16-7-5-8-17-33)31-26(30-24)34-18-9-6-10-19-34;;;;;;;;;/h11-14H,3-10,15-20H2,1-2H3,(H,27,35)(H,28,29,30,31);1H;4*1H3;4*1H. The highest BCUT2D eigenvalue weighted by molar-refractivity contribution is 5.94. The third kappa shape index (κ3) is 11.0. The van der Waals surface area contributed by atoms with Crippen LogP contribution >= 0.6 is 12.4 Å². The van der Waals surface area contributed by atoms with Crippen LogP contribution in [-0.4, -0.2) is 78.1 Å². The lowest BCUT2D eigenvalue weighted by atomic mass is 10.1. The van der Waals surface area contributed by atoms with Crippen molar-refractivity contribution in [2.75, 3.05) is 67.5 Å². The summed E-state index contributed by atoms with van der Waals surface area (Å²) in [6, 6.07) is 7.50. The Hall–Kier alpha value is -2.81. The van der Waals surface area contributed by atoms with Crippen molar-refractivity contribution in [3.05, 3.63) is 29.8 Å². The zero-order valence-corrected chi connectivity index (χ0v) is 25.4. The van der Waals surface area contributed by atoms with Gasteiger partial charge >= 0.3 is 0 Å². The summed E-state index contributed by atoms with van der Waals surface area (Å²) < 4.78 is 0. The van der Waals surface area contributed by atoms with E-state index in [2.05, 4.69) is 39.2 Å². The van der Waals surface area contributed by atoms with E-state index in [0.717, 1.165) is 63.4 Å². The van der Waals surface area contributed by atoms with Crippen molar-refractivity contribution < 1.29 is 10.5 Å². The lowest BCUT2D eigenvalue weighted by Gasteiger charge is -2.30. The zero-order valence-electron chi connectivity index (χ0n) is 24.5. The summed E-state index contributed by atoms with van der Waals surface area (Å²) in [7, 11) is 0. The van der Waals surface area contributed by atoms with Gasteiger partial charge in [-0.05, 0) is 75.9 Å². The monoisotopic (exact) mass is 592 g/mol. The van der Waals surface area contributed by atoms with E-state index in [0.29, 0.717) is 18.1 Å². The van der Waals surface area contributed by atoms with Gasteiger partial charge in [0.15, 0.2) is 0 Å². The highest BCUT2D eigenvalue weighted by Crippen LogP contribution is 2.24. The van der Waals surface area contributed by atoms with Gasteiger partial charge in [-0.15, -0.1) is 12.4 Å². The van der Waals surface area contributed by atoms with Crippen LogP contribution in [0.25, 0.3) is 0 Å². The summed E-state index contributed by atoms with van der Waals surface area (Å²) in [5.74, 6) is 2.01. The van der Waals surface area contributed by atoms with E-state index in [-0.39, 0.29) is 48.6 Å². The normalized spacial score (nSPS) is 14.4. The van der Waals surface area contributed by atoms with Crippen molar-refractivity contribution in [3.63, 3.8) is 0 Å². The molecule has 2 aliphatic rings. The van der Waals surface area contributed by atoms with Crippen LogP contribution in [0.1, 0.15) is 68.4 Å². The first-order chi connectivity index (χ1) is 17.2. The molecule has 2 saturated heterocycles. The van der Waals surface area contributed by atoms with Gasteiger partial charge in [0.05, 0.1) is 0 Å². The average Bonchev–Trinajstić information content (AvgIpc) is 2.92. The second-order valence-electron chi connectivity index (χ2n) is 9.34. The Balaban J connectivity index is -0.000000401. The number of carbonyl (C=O) groups excluding carboxylic acids is 1. The Bertz CT molecular complexity index is 932. The molecule has 238 valence electrons. The van der Waals surface area contributed by atoms with Crippen LogP contribution in [-0.2, 0) is 0 Å². The molecule has 40 heavy (non-hydrogen) atoms. The molecule has 0 radical (unpaired) electrons. The maximum Gasteiger partial charge on any atom is 0.251 e. The Labute approximate surface area is 252 Å². The van der Waals surface area contributed by atoms with E-state index in [1.807, 2.05) is 24.3 Å². The van der Waals surface area contributed by atoms with E-state index < -0.39 is 0 Å². The number of aromatic nitrogens is 3. The van der Waals surface area contributed by atoms with Crippen molar-refractivity contribution >= 4 is 41.8 Å². The molecule has 0 spiro atoms. The summed E-state index contributed by atoms with van der Waals surface area (Å²) >= 11 is 0. The molecule has 1 amide bonds. The second-order valence-corrected chi connectivity index (χ2v) is 9.34.